The number of aryl methyl sites for hydroxylation is 1. The van der Waals surface area contributed by atoms with Gasteiger partial charge in [0.05, 0.1) is 0 Å². The summed E-state index contributed by atoms with van der Waals surface area (Å²) in [7, 11) is 3.47. The summed E-state index contributed by atoms with van der Waals surface area (Å²) in [6.45, 7) is 4.12. The minimum atomic E-state index is -0.0501. The lowest BCUT2D eigenvalue weighted by molar-refractivity contribution is -0.127. The molecule has 2 N–H and O–H groups in total. The summed E-state index contributed by atoms with van der Waals surface area (Å²) in [6.07, 6.45) is 2.56. The number of aliphatic imine (C=N–C) groups is 1. The Balaban J connectivity index is 0.00000408. The molecule has 0 radical (unpaired) electrons. The van der Waals surface area contributed by atoms with Crippen LogP contribution in [-0.4, -0.2) is 65.3 Å². The van der Waals surface area contributed by atoms with Crippen molar-refractivity contribution >= 4 is 35.8 Å². The average Bonchev–Trinajstić information content (AvgIpc) is 3.30. The van der Waals surface area contributed by atoms with E-state index in [1.807, 2.05) is 16.7 Å². The van der Waals surface area contributed by atoms with Gasteiger partial charge < -0.3 is 20.1 Å². The van der Waals surface area contributed by atoms with Gasteiger partial charge in [0.1, 0.15) is 18.7 Å². The van der Waals surface area contributed by atoms with Crippen LogP contribution in [0.25, 0.3) is 0 Å². The van der Waals surface area contributed by atoms with Crippen LogP contribution in [0.15, 0.2) is 72.0 Å². The summed E-state index contributed by atoms with van der Waals surface area (Å²) in [5.41, 5.74) is 2.44. The number of amides is 1. The van der Waals surface area contributed by atoms with Crippen LogP contribution >= 0.6 is 24.0 Å². The van der Waals surface area contributed by atoms with Gasteiger partial charge in [-0.25, -0.2) is 4.99 Å². The zero-order valence-corrected chi connectivity index (χ0v) is 22.3. The Morgan fingerprint density at radius 2 is 1.65 bits per heavy atom. The number of carbonyl (C=O) groups is 1. The Bertz CT molecular complexity index is 983. The summed E-state index contributed by atoms with van der Waals surface area (Å²) in [5.74, 6) is 1.65. The molecule has 0 saturated carbocycles. The Labute approximate surface area is 218 Å². The number of hydrogen-bond donors (Lipinski definition) is 2. The second kappa shape index (κ2) is 14.3. The molecule has 9 heteroatoms. The van der Waals surface area contributed by atoms with Gasteiger partial charge in [0, 0.05) is 46.1 Å². The van der Waals surface area contributed by atoms with Gasteiger partial charge in [-0.05, 0) is 11.1 Å². The van der Waals surface area contributed by atoms with E-state index in [0.29, 0.717) is 25.6 Å². The predicted octanol–water partition coefficient (Wildman–Crippen LogP) is 2.91. The maximum absolute atomic E-state index is 12.1. The van der Waals surface area contributed by atoms with Crippen molar-refractivity contribution in [3.8, 4) is 0 Å². The number of rotatable bonds is 10. The predicted molar refractivity (Wildman–Crippen MR) is 147 cm³/mol. The summed E-state index contributed by atoms with van der Waals surface area (Å²) >= 11 is 0. The fraction of sp³-hybridized carbons (Fsp3) is 0.360. The number of nitrogens with zero attached hydrogens (tertiary/aromatic N) is 5. The lowest BCUT2D eigenvalue weighted by atomic mass is 9.91. The number of benzene rings is 2. The molecule has 0 atom stereocenters. The van der Waals surface area contributed by atoms with Crippen molar-refractivity contribution in [3.05, 3.63) is 83.9 Å². The van der Waals surface area contributed by atoms with Gasteiger partial charge in [-0.3, -0.25) is 4.79 Å². The first kappa shape index (κ1) is 27.3. The van der Waals surface area contributed by atoms with Crippen molar-refractivity contribution in [1.29, 1.82) is 0 Å². The normalized spacial score (nSPS) is 11.1. The van der Waals surface area contributed by atoms with Crippen molar-refractivity contribution in [3.63, 3.8) is 0 Å². The molecule has 8 nitrogen and oxygen atoms in total. The molecule has 0 aliphatic heterocycles. The molecule has 2 aromatic carbocycles. The van der Waals surface area contributed by atoms with Gasteiger partial charge in [-0.15, -0.1) is 34.2 Å². The van der Waals surface area contributed by atoms with Crippen LogP contribution in [0.5, 0.6) is 0 Å². The second-order valence-electron chi connectivity index (χ2n) is 7.93. The minimum Gasteiger partial charge on any atom is -0.355 e. The van der Waals surface area contributed by atoms with E-state index in [4.69, 9.17) is 0 Å². The summed E-state index contributed by atoms with van der Waals surface area (Å²) in [6, 6.07) is 20.8. The molecule has 1 aromatic heterocycles. The largest absolute Gasteiger partial charge is 0.355 e. The van der Waals surface area contributed by atoms with Crippen LogP contribution in [0.1, 0.15) is 29.8 Å². The summed E-state index contributed by atoms with van der Waals surface area (Å²) in [4.78, 5) is 18.2. The van der Waals surface area contributed by atoms with E-state index in [2.05, 4.69) is 81.3 Å². The molecule has 0 saturated heterocycles. The first-order valence-electron chi connectivity index (χ1n) is 11.3. The molecular formula is C25H34IN7O. The first-order valence-corrected chi connectivity index (χ1v) is 11.3. The Kier molecular flexibility index (Phi) is 11.5. The minimum absolute atomic E-state index is 0. The third-order valence-electron chi connectivity index (χ3n) is 5.41. The Morgan fingerprint density at radius 3 is 2.21 bits per heavy atom. The highest BCUT2D eigenvalue weighted by Crippen LogP contribution is 2.23. The van der Waals surface area contributed by atoms with Gasteiger partial charge in [-0.1, -0.05) is 67.6 Å². The molecule has 0 bridgehead atoms. The van der Waals surface area contributed by atoms with Crippen molar-refractivity contribution in [2.24, 2.45) is 4.99 Å². The summed E-state index contributed by atoms with van der Waals surface area (Å²) < 4.78 is 2.02. The topological polar surface area (TPSA) is 87.4 Å². The fourth-order valence-electron chi connectivity index (χ4n) is 3.49. The van der Waals surface area contributed by atoms with Crippen molar-refractivity contribution in [1.82, 2.24) is 30.3 Å². The van der Waals surface area contributed by atoms with E-state index in [9.17, 15) is 4.79 Å². The second-order valence-corrected chi connectivity index (χ2v) is 7.93. The molecule has 0 spiro atoms. The van der Waals surface area contributed by atoms with Gasteiger partial charge >= 0.3 is 0 Å². The van der Waals surface area contributed by atoms with Crippen molar-refractivity contribution < 1.29 is 4.79 Å². The van der Waals surface area contributed by atoms with Crippen LogP contribution < -0.4 is 10.6 Å². The highest BCUT2D eigenvalue weighted by Gasteiger charge is 2.15. The lowest BCUT2D eigenvalue weighted by Crippen LogP contribution is -2.41. The van der Waals surface area contributed by atoms with Crippen molar-refractivity contribution in [2.75, 3.05) is 33.7 Å². The fourth-order valence-corrected chi connectivity index (χ4v) is 3.49. The monoisotopic (exact) mass is 575 g/mol. The maximum atomic E-state index is 12.1. The van der Waals surface area contributed by atoms with Gasteiger partial charge in [0.25, 0.3) is 0 Å². The number of halogens is 1. The number of likely N-dealkylation sites (N-methyl/N-ethyl adjacent to an activating group) is 1. The third-order valence-corrected chi connectivity index (χ3v) is 5.41. The van der Waals surface area contributed by atoms with Crippen LogP contribution in [-0.2, 0) is 17.8 Å². The van der Waals surface area contributed by atoms with Crippen molar-refractivity contribution in [2.45, 2.75) is 25.8 Å². The molecule has 3 aromatic rings. The average molecular weight is 575 g/mol. The summed E-state index contributed by atoms with van der Waals surface area (Å²) in [5, 5.41) is 14.9. The molecule has 0 aliphatic carbocycles. The van der Waals surface area contributed by atoms with Crippen LogP contribution in [0.3, 0.4) is 0 Å². The molecule has 0 aliphatic rings. The number of nitrogens with one attached hydrogen (secondary N) is 2. The smallest absolute Gasteiger partial charge is 0.243 e. The lowest BCUT2D eigenvalue weighted by Gasteiger charge is -2.21. The molecule has 0 fully saturated rings. The molecule has 34 heavy (non-hydrogen) atoms. The Morgan fingerprint density at radius 1 is 1.03 bits per heavy atom. The third kappa shape index (κ3) is 8.12. The maximum Gasteiger partial charge on any atom is 0.243 e. The number of guanidine groups is 1. The standard InChI is InChI=1S/C25H33N7O.HI/c1-4-23-30-29-19-32(23)16-15-26-25(28-18-24(33)31(2)3)27-17-22(20-11-7-5-8-12-20)21-13-9-6-10-14-21;/h5-14,19,22H,4,15-18H2,1-3H3,(H2,26,27,28);1H. The molecule has 1 heterocycles. The molecule has 3 rings (SSSR count). The highest BCUT2D eigenvalue weighted by atomic mass is 127. The zero-order valence-electron chi connectivity index (χ0n) is 20.0. The van der Waals surface area contributed by atoms with E-state index in [1.165, 1.54) is 11.1 Å². The van der Waals surface area contributed by atoms with Crippen LogP contribution in [0.4, 0.5) is 0 Å². The van der Waals surface area contributed by atoms with Gasteiger partial charge in [0.15, 0.2) is 5.96 Å². The Hall–Kier alpha value is -2.95. The van der Waals surface area contributed by atoms with Gasteiger partial charge in [-0.2, -0.15) is 0 Å². The van der Waals surface area contributed by atoms with E-state index in [-0.39, 0.29) is 42.3 Å². The molecular weight excluding hydrogens is 541 g/mol. The van der Waals surface area contributed by atoms with E-state index in [0.717, 1.165) is 12.2 Å². The number of hydrogen-bond acceptors (Lipinski definition) is 4. The first-order chi connectivity index (χ1) is 16.1. The molecule has 1 amide bonds. The molecule has 182 valence electrons. The highest BCUT2D eigenvalue weighted by molar-refractivity contribution is 14.0. The van der Waals surface area contributed by atoms with Crippen LogP contribution in [0, 0.1) is 0 Å². The zero-order chi connectivity index (χ0) is 23.5. The molecule has 0 unspecified atom stereocenters. The van der Waals surface area contributed by atoms with Gasteiger partial charge in [0.2, 0.25) is 5.91 Å². The van der Waals surface area contributed by atoms with E-state index in [1.54, 1.807) is 25.3 Å². The van der Waals surface area contributed by atoms with Crippen LogP contribution in [0.2, 0.25) is 0 Å². The van der Waals surface area contributed by atoms with E-state index >= 15 is 0 Å². The quantitative estimate of drug-likeness (QED) is 0.221. The number of carbonyl (C=O) groups excluding carboxylic acids is 1. The number of aromatic nitrogens is 3. The SMILES string of the molecule is CCc1nncn1CCNC(=NCC(=O)N(C)C)NCC(c1ccccc1)c1ccccc1.I. The van der Waals surface area contributed by atoms with E-state index < -0.39 is 0 Å².